The number of methoxy groups -OCH3 is 1. The molecule has 2 aromatic rings. The first-order valence-corrected chi connectivity index (χ1v) is 4.94. The van der Waals surface area contributed by atoms with E-state index in [4.69, 9.17) is 4.74 Å². The molecule has 0 saturated carbocycles. The van der Waals surface area contributed by atoms with Gasteiger partial charge in [0.05, 0.1) is 19.2 Å². The fourth-order valence-electron chi connectivity index (χ4n) is 1.90. The van der Waals surface area contributed by atoms with E-state index in [2.05, 4.69) is 11.1 Å². The van der Waals surface area contributed by atoms with Crippen LogP contribution in [0.5, 0.6) is 5.75 Å². The monoisotopic (exact) mass is 205 g/mol. The Morgan fingerprint density at radius 2 is 2.07 bits per heavy atom. The summed E-state index contributed by atoms with van der Waals surface area (Å²) in [5.74, 6) is 0.827. The molecule has 0 aliphatic heterocycles. The standard InChI is InChI=1S/C12H15NO2/c1-7-4-9-8(2)10(6-14)13-12(9)11(5-7)15-3/h4-5,13-14H,6H2,1-3H3. The van der Waals surface area contributed by atoms with E-state index in [1.165, 1.54) is 0 Å². The number of rotatable bonds is 2. The zero-order chi connectivity index (χ0) is 11.0. The lowest BCUT2D eigenvalue weighted by Crippen LogP contribution is -1.86. The van der Waals surface area contributed by atoms with Crippen molar-refractivity contribution in [2.45, 2.75) is 20.5 Å². The van der Waals surface area contributed by atoms with Crippen molar-refractivity contribution in [3.8, 4) is 5.75 Å². The largest absolute Gasteiger partial charge is 0.495 e. The van der Waals surface area contributed by atoms with Crippen LogP contribution in [0.2, 0.25) is 0 Å². The van der Waals surface area contributed by atoms with Crippen molar-refractivity contribution in [2.24, 2.45) is 0 Å². The second-order valence-electron chi connectivity index (χ2n) is 3.78. The van der Waals surface area contributed by atoms with E-state index in [9.17, 15) is 5.11 Å². The zero-order valence-electron chi connectivity index (χ0n) is 9.22. The summed E-state index contributed by atoms with van der Waals surface area (Å²) in [6.45, 7) is 4.07. The van der Waals surface area contributed by atoms with Crippen molar-refractivity contribution in [2.75, 3.05) is 7.11 Å². The van der Waals surface area contributed by atoms with Gasteiger partial charge in [0.25, 0.3) is 0 Å². The summed E-state index contributed by atoms with van der Waals surface area (Å²) in [5.41, 5.74) is 4.07. The molecule has 1 aromatic carbocycles. The molecule has 2 rings (SSSR count). The van der Waals surface area contributed by atoms with E-state index in [0.29, 0.717) is 0 Å². The minimum atomic E-state index is 0.0305. The molecule has 0 atom stereocenters. The predicted molar refractivity (Wildman–Crippen MR) is 60.2 cm³/mol. The number of ether oxygens (including phenoxy) is 1. The summed E-state index contributed by atoms with van der Waals surface area (Å²) in [6.07, 6.45) is 0. The summed E-state index contributed by atoms with van der Waals surface area (Å²) in [4.78, 5) is 3.19. The van der Waals surface area contributed by atoms with Gasteiger partial charge in [-0.25, -0.2) is 0 Å². The first-order chi connectivity index (χ1) is 7.17. The van der Waals surface area contributed by atoms with Crippen molar-refractivity contribution in [1.29, 1.82) is 0 Å². The Morgan fingerprint density at radius 1 is 1.33 bits per heavy atom. The van der Waals surface area contributed by atoms with Crippen molar-refractivity contribution in [3.63, 3.8) is 0 Å². The molecule has 3 nitrogen and oxygen atoms in total. The van der Waals surface area contributed by atoms with E-state index >= 15 is 0 Å². The van der Waals surface area contributed by atoms with Crippen LogP contribution < -0.4 is 4.74 Å². The second-order valence-corrected chi connectivity index (χ2v) is 3.78. The highest BCUT2D eigenvalue weighted by atomic mass is 16.5. The molecule has 0 amide bonds. The molecule has 0 bridgehead atoms. The Morgan fingerprint density at radius 3 is 2.67 bits per heavy atom. The summed E-state index contributed by atoms with van der Waals surface area (Å²) < 4.78 is 5.31. The lowest BCUT2D eigenvalue weighted by Gasteiger charge is -2.03. The third kappa shape index (κ3) is 1.49. The molecule has 0 unspecified atom stereocenters. The molecule has 3 heteroatoms. The highest BCUT2D eigenvalue weighted by Gasteiger charge is 2.11. The number of nitrogens with one attached hydrogen (secondary N) is 1. The summed E-state index contributed by atoms with van der Waals surface area (Å²) >= 11 is 0. The number of aromatic nitrogens is 1. The number of aromatic amines is 1. The number of hydrogen-bond acceptors (Lipinski definition) is 2. The molecule has 0 spiro atoms. The lowest BCUT2D eigenvalue weighted by molar-refractivity contribution is 0.277. The van der Waals surface area contributed by atoms with Gasteiger partial charge in [0.15, 0.2) is 0 Å². The number of aryl methyl sites for hydroxylation is 2. The second kappa shape index (κ2) is 3.59. The maximum absolute atomic E-state index is 9.18. The number of H-pyrrole nitrogens is 1. The van der Waals surface area contributed by atoms with E-state index in [1.807, 2.05) is 19.9 Å². The minimum absolute atomic E-state index is 0.0305. The van der Waals surface area contributed by atoms with Crippen molar-refractivity contribution < 1.29 is 9.84 Å². The fourth-order valence-corrected chi connectivity index (χ4v) is 1.90. The first kappa shape index (κ1) is 10.1. The molecule has 1 aromatic heterocycles. The van der Waals surface area contributed by atoms with E-state index in [-0.39, 0.29) is 6.61 Å². The quantitative estimate of drug-likeness (QED) is 0.790. The molecule has 80 valence electrons. The summed E-state index contributed by atoms with van der Waals surface area (Å²) in [5, 5.41) is 10.3. The lowest BCUT2D eigenvalue weighted by atomic mass is 10.1. The molecular weight excluding hydrogens is 190 g/mol. The van der Waals surface area contributed by atoms with Gasteiger partial charge in [-0.15, -0.1) is 0 Å². The average Bonchev–Trinajstić information content (AvgIpc) is 2.55. The van der Waals surface area contributed by atoms with Crippen LogP contribution in [0.15, 0.2) is 12.1 Å². The Hall–Kier alpha value is -1.48. The molecule has 0 fully saturated rings. The van der Waals surface area contributed by atoms with Crippen molar-refractivity contribution >= 4 is 10.9 Å². The third-order valence-corrected chi connectivity index (χ3v) is 2.76. The van der Waals surface area contributed by atoms with Gasteiger partial charge in [0, 0.05) is 11.1 Å². The van der Waals surface area contributed by atoms with Gasteiger partial charge >= 0.3 is 0 Å². The smallest absolute Gasteiger partial charge is 0.143 e. The van der Waals surface area contributed by atoms with Crippen LogP contribution in [-0.2, 0) is 6.61 Å². The van der Waals surface area contributed by atoms with Crippen LogP contribution in [-0.4, -0.2) is 17.2 Å². The van der Waals surface area contributed by atoms with E-state index in [0.717, 1.165) is 33.5 Å². The minimum Gasteiger partial charge on any atom is -0.495 e. The van der Waals surface area contributed by atoms with Gasteiger partial charge in [-0.2, -0.15) is 0 Å². The summed E-state index contributed by atoms with van der Waals surface area (Å²) in [6, 6.07) is 4.09. The molecule has 0 radical (unpaired) electrons. The maximum atomic E-state index is 9.18. The SMILES string of the molecule is COc1cc(C)cc2c(C)c(CO)[nH]c12. The van der Waals surface area contributed by atoms with Crippen molar-refractivity contribution in [1.82, 2.24) is 4.98 Å². The Labute approximate surface area is 88.7 Å². The van der Waals surface area contributed by atoms with Gasteiger partial charge in [0.2, 0.25) is 0 Å². The van der Waals surface area contributed by atoms with Crippen LogP contribution in [0.1, 0.15) is 16.8 Å². The number of aliphatic hydroxyl groups is 1. The third-order valence-electron chi connectivity index (χ3n) is 2.76. The van der Waals surface area contributed by atoms with Gasteiger partial charge in [0.1, 0.15) is 5.75 Å². The van der Waals surface area contributed by atoms with Crippen LogP contribution in [0.25, 0.3) is 10.9 Å². The van der Waals surface area contributed by atoms with Crippen LogP contribution in [0, 0.1) is 13.8 Å². The molecule has 0 aliphatic carbocycles. The highest BCUT2D eigenvalue weighted by molar-refractivity contribution is 5.90. The molecule has 15 heavy (non-hydrogen) atoms. The molecule has 2 N–H and O–H groups in total. The number of fused-ring (bicyclic) bond motifs is 1. The van der Waals surface area contributed by atoms with Crippen LogP contribution >= 0.6 is 0 Å². The van der Waals surface area contributed by atoms with E-state index < -0.39 is 0 Å². The fraction of sp³-hybridized carbons (Fsp3) is 0.333. The first-order valence-electron chi connectivity index (χ1n) is 4.94. The summed E-state index contributed by atoms with van der Waals surface area (Å²) in [7, 11) is 1.66. The molecular formula is C12H15NO2. The van der Waals surface area contributed by atoms with Crippen molar-refractivity contribution in [3.05, 3.63) is 29.0 Å². The topological polar surface area (TPSA) is 45.2 Å². The molecule has 0 aliphatic rings. The zero-order valence-corrected chi connectivity index (χ0v) is 9.22. The average molecular weight is 205 g/mol. The van der Waals surface area contributed by atoms with Gasteiger partial charge in [-0.05, 0) is 37.1 Å². The number of hydrogen-bond donors (Lipinski definition) is 2. The highest BCUT2D eigenvalue weighted by Crippen LogP contribution is 2.30. The predicted octanol–water partition coefficient (Wildman–Crippen LogP) is 2.29. The van der Waals surface area contributed by atoms with Gasteiger partial charge in [-0.1, -0.05) is 0 Å². The van der Waals surface area contributed by atoms with Crippen LogP contribution in [0.3, 0.4) is 0 Å². The Bertz CT molecular complexity index is 500. The Balaban J connectivity index is 2.81. The van der Waals surface area contributed by atoms with Crippen LogP contribution in [0.4, 0.5) is 0 Å². The normalized spacial score (nSPS) is 10.9. The number of aliphatic hydroxyl groups excluding tert-OH is 1. The van der Waals surface area contributed by atoms with Gasteiger partial charge < -0.3 is 14.8 Å². The maximum Gasteiger partial charge on any atom is 0.143 e. The number of benzene rings is 1. The molecule has 1 heterocycles. The Kier molecular flexibility index (Phi) is 2.40. The van der Waals surface area contributed by atoms with E-state index in [1.54, 1.807) is 7.11 Å². The molecule has 0 saturated heterocycles. The van der Waals surface area contributed by atoms with Gasteiger partial charge in [-0.3, -0.25) is 0 Å².